The molecule has 3 heteroatoms. The van der Waals surface area contributed by atoms with Crippen LogP contribution in [0.2, 0.25) is 0 Å². The molecule has 1 saturated heterocycles. The number of morpholine rings is 1. The van der Waals surface area contributed by atoms with Gasteiger partial charge in [-0.2, -0.15) is 0 Å². The molecule has 2 atom stereocenters. The summed E-state index contributed by atoms with van der Waals surface area (Å²) in [6.07, 6.45) is 0.747. The number of aryl methyl sites for hydroxylation is 1. The average Bonchev–Trinajstić information content (AvgIpc) is 2.30. The van der Waals surface area contributed by atoms with Gasteiger partial charge in [0.25, 0.3) is 0 Å². The van der Waals surface area contributed by atoms with Gasteiger partial charge in [-0.1, -0.05) is 17.7 Å². The minimum absolute atomic E-state index is 0.373. The van der Waals surface area contributed by atoms with E-state index in [0.29, 0.717) is 12.2 Å². The maximum atomic E-state index is 5.75. The third-order valence-electron chi connectivity index (χ3n) is 3.19. The standard InChI is InChI=1S/C15H23NOS/c1-12-4-6-15(7-5-12)18-9-8-16-10-13(2)17-14(3)11-16/h4-7,13-14H,8-11H2,1-3H3/t13-,14-/m0/s1. The normalized spacial score (nSPS) is 25.3. The summed E-state index contributed by atoms with van der Waals surface area (Å²) in [6.45, 7) is 9.74. The van der Waals surface area contributed by atoms with Crippen LogP contribution in [0, 0.1) is 6.92 Å². The van der Waals surface area contributed by atoms with Crippen molar-refractivity contribution in [2.75, 3.05) is 25.4 Å². The minimum atomic E-state index is 0.373. The van der Waals surface area contributed by atoms with Gasteiger partial charge in [-0.15, -0.1) is 11.8 Å². The first-order valence-corrected chi connectivity index (χ1v) is 7.69. The third kappa shape index (κ3) is 4.30. The zero-order valence-corrected chi connectivity index (χ0v) is 12.4. The Morgan fingerprint density at radius 1 is 1.17 bits per heavy atom. The van der Waals surface area contributed by atoms with Gasteiger partial charge >= 0.3 is 0 Å². The first-order chi connectivity index (χ1) is 8.63. The second-order valence-electron chi connectivity index (χ2n) is 5.18. The van der Waals surface area contributed by atoms with Crippen LogP contribution in [0.1, 0.15) is 19.4 Å². The van der Waals surface area contributed by atoms with Gasteiger partial charge < -0.3 is 4.74 Å². The van der Waals surface area contributed by atoms with Gasteiger partial charge in [-0.25, -0.2) is 0 Å². The summed E-state index contributed by atoms with van der Waals surface area (Å²) in [6, 6.07) is 8.79. The van der Waals surface area contributed by atoms with Gasteiger partial charge in [0, 0.05) is 30.3 Å². The van der Waals surface area contributed by atoms with Crippen molar-refractivity contribution in [3.8, 4) is 0 Å². The molecule has 1 fully saturated rings. The van der Waals surface area contributed by atoms with Gasteiger partial charge in [-0.3, -0.25) is 4.90 Å². The van der Waals surface area contributed by atoms with Gasteiger partial charge in [0.1, 0.15) is 0 Å². The summed E-state index contributed by atoms with van der Waals surface area (Å²) < 4.78 is 5.75. The van der Waals surface area contributed by atoms with Crippen LogP contribution in [0.25, 0.3) is 0 Å². The Bertz CT molecular complexity index is 355. The molecule has 1 aromatic carbocycles. The number of hydrogen-bond acceptors (Lipinski definition) is 3. The van der Waals surface area contributed by atoms with Crippen molar-refractivity contribution >= 4 is 11.8 Å². The quantitative estimate of drug-likeness (QED) is 0.776. The first-order valence-electron chi connectivity index (χ1n) is 6.71. The molecule has 1 aromatic rings. The second kappa shape index (κ2) is 6.60. The number of nitrogens with zero attached hydrogens (tertiary/aromatic N) is 1. The van der Waals surface area contributed by atoms with Gasteiger partial charge in [0.15, 0.2) is 0 Å². The number of ether oxygens (including phenoxy) is 1. The highest BCUT2D eigenvalue weighted by atomic mass is 32.2. The summed E-state index contributed by atoms with van der Waals surface area (Å²) in [4.78, 5) is 3.88. The average molecular weight is 265 g/mol. The monoisotopic (exact) mass is 265 g/mol. The fourth-order valence-corrected chi connectivity index (χ4v) is 3.31. The van der Waals surface area contributed by atoms with E-state index >= 15 is 0 Å². The van der Waals surface area contributed by atoms with Crippen molar-refractivity contribution in [3.63, 3.8) is 0 Å². The molecule has 0 unspecified atom stereocenters. The van der Waals surface area contributed by atoms with Crippen molar-refractivity contribution in [2.45, 2.75) is 37.9 Å². The first kappa shape index (κ1) is 13.9. The molecule has 0 amide bonds. The molecule has 0 aromatic heterocycles. The predicted molar refractivity (Wildman–Crippen MR) is 78.4 cm³/mol. The fourth-order valence-electron chi connectivity index (χ4n) is 2.39. The smallest absolute Gasteiger partial charge is 0.0678 e. The van der Waals surface area contributed by atoms with Gasteiger partial charge in [0.05, 0.1) is 12.2 Å². The van der Waals surface area contributed by atoms with E-state index in [1.807, 2.05) is 11.8 Å². The van der Waals surface area contributed by atoms with E-state index in [1.54, 1.807) is 0 Å². The topological polar surface area (TPSA) is 12.5 Å². The van der Waals surface area contributed by atoms with Crippen LogP contribution in [0.15, 0.2) is 29.2 Å². The Balaban J connectivity index is 1.73. The van der Waals surface area contributed by atoms with Crippen LogP contribution in [0.4, 0.5) is 0 Å². The Hall–Kier alpha value is -0.510. The Kier molecular flexibility index (Phi) is 5.10. The van der Waals surface area contributed by atoms with Crippen LogP contribution in [0.5, 0.6) is 0 Å². The summed E-state index contributed by atoms with van der Waals surface area (Å²) in [5, 5.41) is 0. The Morgan fingerprint density at radius 3 is 2.39 bits per heavy atom. The number of rotatable bonds is 4. The molecule has 100 valence electrons. The predicted octanol–water partition coefficient (Wildman–Crippen LogP) is 3.20. The Morgan fingerprint density at radius 2 is 1.78 bits per heavy atom. The van der Waals surface area contributed by atoms with Gasteiger partial charge in [0.2, 0.25) is 0 Å². The molecule has 1 aliphatic rings. The highest BCUT2D eigenvalue weighted by Crippen LogP contribution is 2.19. The van der Waals surface area contributed by atoms with E-state index in [0.717, 1.165) is 25.4 Å². The highest BCUT2D eigenvalue weighted by Gasteiger charge is 2.21. The number of hydrogen-bond donors (Lipinski definition) is 0. The lowest BCUT2D eigenvalue weighted by molar-refractivity contribution is -0.0661. The lowest BCUT2D eigenvalue weighted by atomic mass is 10.2. The summed E-state index contributed by atoms with van der Waals surface area (Å²) >= 11 is 1.94. The SMILES string of the molecule is Cc1ccc(SCCN2C[C@H](C)O[C@@H](C)C2)cc1. The van der Waals surface area contributed by atoms with Crippen LogP contribution in [0.3, 0.4) is 0 Å². The van der Waals surface area contributed by atoms with E-state index < -0.39 is 0 Å². The molecule has 0 radical (unpaired) electrons. The zero-order chi connectivity index (χ0) is 13.0. The van der Waals surface area contributed by atoms with Crippen LogP contribution >= 0.6 is 11.8 Å². The van der Waals surface area contributed by atoms with E-state index in [9.17, 15) is 0 Å². The molecule has 1 aliphatic heterocycles. The number of benzene rings is 1. The lowest BCUT2D eigenvalue weighted by Gasteiger charge is -2.35. The van der Waals surface area contributed by atoms with Crippen LogP contribution in [-0.2, 0) is 4.74 Å². The summed E-state index contributed by atoms with van der Waals surface area (Å²) in [5.74, 6) is 1.16. The highest BCUT2D eigenvalue weighted by molar-refractivity contribution is 7.99. The van der Waals surface area contributed by atoms with Crippen LogP contribution in [-0.4, -0.2) is 42.5 Å². The summed E-state index contributed by atoms with van der Waals surface area (Å²) in [7, 11) is 0. The van der Waals surface area contributed by atoms with Gasteiger partial charge in [-0.05, 0) is 32.9 Å². The van der Waals surface area contributed by atoms with Crippen molar-refractivity contribution in [1.82, 2.24) is 4.90 Å². The fraction of sp³-hybridized carbons (Fsp3) is 0.600. The number of thioether (sulfide) groups is 1. The van der Waals surface area contributed by atoms with Crippen LogP contribution < -0.4 is 0 Å². The molecule has 2 rings (SSSR count). The van der Waals surface area contributed by atoms with E-state index in [-0.39, 0.29) is 0 Å². The van der Waals surface area contributed by atoms with E-state index in [4.69, 9.17) is 4.74 Å². The molecule has 18 heavy (non-hydrogen) atoms. The van der Waals surface area contributed by atoms with Crippen molar-refractivity contribution < 1.29 is 4.74 Å². The maximum Gasteiger partial charge on any atom is 0.0678 e. The second-order valence-corrected chi connectivity index (χ2v) is 6.35. The molecule has 1 heterocycles. The molecule has 0 aliphatic carbocycles. The molecular formula is C15H23NOS. The lowest BCUT2D eigenvalue weighted by Crippen LogP contribution is -2.46. The van der Waals surface area contributed by atoms with Crippen molar-refractivity contribution in [1.29, 1.82) is 0 Å². The maximum absolute atomic E-state index is 5.75. The molecule has 0 spiro atoms. The van der Waals surface area contributed by atoms with E-state index in [1.165, 1.54) is 10.5 Å². The molecule has 0 saturated carbocycles. The van der Waals surface area contributed by atoms with Crippen molar-refractivity contribution in [2.24, 2.45) is 0 Å². The van der Waals surface area contributed by atoms with Crippen molar-refractivity contribution in [3.05, 3.63) is 29.8 Å². The molecule has 0 bridgehead atoms. The molecule has 2 nitrogen and oxygen atoms in total. The molecule has 0 N–H and O–H groups in total. The summed E-state index contributed by atoms with van der Waals surface area (Å²) in [5.41, 5.74) is 1.33. The zero-order valence-electron chi connectivity index (χ0n) is 11.6. The molecular weight excluding hydrogens is 242 g/mol. The largest absolute Gasteiger partial charge is 0.373 e. The van der Waals surface area contributed by atoms with E-state index in [2.05, 4.69) is 49.9 Å². The third-order valence-corrected chi connectivity index (χ3v) is 4.18. The minimum Gasteiger partial charge on any atom is -0.373 e. The Labute approximate surface area is 115 Å².